The largest absolute Gasteiger partial charge is 0.394 e. The molecule has 0 saturated carbocycles. The molecule has 18 heavy (non-hydrogen) atoms. The molecule has 96 valence electrons. The van der Waals surface area contributed by atoms with Crippen molar-refractivity contribution in [2.45, 2.75) is 25.9 Å². The molecule has 1 heterocycles. The Bertz CT molecular complexity index is 494. The highest BCUT2D eigenvalue weighted by Gasteiger charge is 2.24. The minimum absolute atomic E-state index is 0.0847. The van der Waals surface area contributed by atoms with E-state index >= 15 is 0 Å². The van der Waals surface area contributed by atoms with Crippen molar-refractivity contribution in [2.24, 2.45) is 0 Å². The van der Waals surface area contributed by atoms with Crippen molar-refractivity contribution in [2.75, 3.05) is 6.61 Å². The van der Waals surface area contributed by atoms with Gasteiger partial charge in [0, 0.05) is 16.3 Å². The number of aliphatic hydroxyl groups is 1. The summed E-state index contributed by atoms with van der Waals surface area (Å²) in [5.41, 5.74) is 0.722. The summed E-state index contributed by atoms with van der Waals surface area (Å²) in [5, 5.41) is 13.1. The molecule has 0 spiro atoms. The van der Waals surface area contributed by atoms with E-state index in [1.807, 2.05) is 37.3 Å². The molecule has 2 aromatic rings. The Balaban J connectivity index is 2.09. The molecule has 0 saturated heterocycles. The lowest BCUT2D eigenvalue weighted by molar-refractivity contribution is 0.174. The van der Waals surface area contributed by atoms with Gasteiger partial charge in [-0.25, -0.2) is 0 Å². The maximum atomic E-state index is 9.66. The minimum Gasteiger partial charge on any atom is -0.394 e. The zero-order chi connectivity index (χ0) is 13.0. The first kappa shape index (κ1) is 13.3. The van der Waals surface area contributed by atoms with Crippen molar-refractivity contribution in [3.05, 3.63) is 57.8 Å². The molecule has 2 rings (SSSR count). The van der Waals surface area contributed by atoms with E-state index in [0.717, 1.165) is 12.1 Å². The first-order chi connectivity index (χ1) is 8.64. The third-order valence-electron chi connectivity index (χ3n) is 3.18. The van der Waals surface area contributed by atoms with Crippen molar-refractivity contribution >= 4 is 11.3 Å². The van der Waals surface area contributed by atoms with E-state index in [2.05, 4.69) is 24.4 Å². The quantitative estimate of drug-likeness (QED) is 0.867. The lowest BCUT2D eigenvalue weighted by atomic mass is 9.93. The zero-order valence-electron chi connectivity index (χ0n) is 10.8. The molecule has 1 aromatic carbocycles. The van der Waals surface area contributed by atoms with E-state index in [1.165, 1.54) is 9.75 Å². The van der Waals surface area contributed by atoms with E-state index in [1.54, 1.807) is 11.3 Å². The van der Waals surface area contributed by atoms with Crippen molar-refractivity contribution in [1.29, 1.82) is 0 Å². The second-order valence-corrected chi connectivity index (χ2v) is 6.09. The summed E-state index contributed by atoms with van der Waals surface area (Å²) in [7, 11) is 0. The number of nitrogens with one attached hydrogen (secondary N) is 1. The molecule has 0 aliphatic carbocycles. The second-order valence-electron chi connectivity index (χ2n) is 4.72. The molecule has 0 aliphatic rings. The Morgan fingerprint density at radius 1 is 1.17 bits per heavy atom. The van der Waals surface area contributed by atoms with E-state index in [0.29, 0.717) is 0 Å². The van der Waals surface area contributed by atoms with Crippen molar-refractivity contribution < 1.29 is 5.11 Å². The molecule has 3 heteroatoms. The summed E-state index contributed by atoms with van der Waals surface area (Å²) in [6, 6.07) is 14.3. The molecular weight excluding hydrogens is 242 g/mol. The number of thiophene rings is 1. The number of benzene rings is 1. The molecule has 1 aromatic heterocycles. The van der Waals surface area contributed by atoms with Crippen LogP contribution in [-0.2, 0) is 12.1 Å². The van der Waals surface area contributed by atoms with Crippen LogP contribution in [0.3, 0.4) is 0 Å². The Kier molecular flexibility index (Phi) is 4.17. The Labute approximate surface area is 112 Å². The van der Waals surface area contributed by atoms with Crippen LogP contribution in [0, 0.1) is 6.92 Å². The third kappa shape index (κ3) is 2.99. The summed E-state index contributed by atoms with van der Waals surface area (Å²) in [5.74, 6) is 0. The third-order valence-corrected chi connectivity index (χ3v) is 4.18. The van der Waals surface area contributed by atoms with Crippen LogP contribution in [0.2, 0.25) is 0 Å². The number of aryl methyl sites for hydroxylation is 1. The van der Waals surface area contributed by atoms with E-state index < -0.39 is 0 Å². The highest BCUT2D eigenvalue weighted by atomic mass is 32.1. The Morgan fingerprint density at radius 2 is 1.89 bits per heavy atom. The number of rotatable bonds is 5. The van der Waals surface area contributed by atoms with Gasteiger partial charge in [-0.3, -0.25) is 0 Å². The SMILES string of the molecule is Cc1ccc(CNC(C)(CO)c2ccccc2)s1. The molecule has 0 aliphatic heterocycles. The monoisotopic (exact) mass is 261 g/mol. The van der Waals surface area contributed by atoms with Gasteiger partial charge in [0.05, 0.1) is 12.1 Å². The molecule has 1 unspecified atom stereocenters. The summed E-state index contributed by atoms with van der Waals surface area (Å²) in [6.07, 6.45) is 0. The summed E-state index contributed by atoms with van der Waals surface area (Å²) in [4.78, 5) is 2.61. The maximum Gasteiger partial charge on any atom is 0.0652 e. The second kappa shape index (κ2) is 5.65. The highest BCUT2D eigenvalue weighted by molar-refractivity contribution is 7.11. The van der Waals surface area contributed by atoms with Crippen LogP contribution in [0.4, 0.5) is 0 Å². The average molecular weight is 261 g/mol. The van der Waals surface area contributed by atoms with Gasteiger partial charge in [0.25, 0.3) is 0 Å². The van der Waals surface area contributed by atoms with Crippen LogP contribution in [0.25, 0.3) is 0 Å². The maximum absolute atomic E-state index is 9.66. The molecule has 1 atom stereocenters. The van der Waals surface area contributed by atoms with E-state index in [9.17, 15) is 5.11 Å². The van der Waals surface area contributed by atoms with E-state index in [4.69, 9.17) is 0 Å². The molecule has 0 bridgehead atoms. The van der Waals surface area contributed by atoms with Crippen molar-refractivity contribution in [3.8, 4) is 0 Å². The van der Waals surface area contributed by atoms with Gasteiger partial charge >= 0.3 is 0 Å². The van der Waals surface area contributed by atoms with Gasteiger partial charge in [-0.15, -0.1) is 11.3 Å². The molecule has 2 nitrogen and oxygen atoms in total. The van der Waals surface area contributed by atoms with Crippen LogP contribution in [0.15, 0.2) is 42.5 Å². The zero-order valence-corrected chi connectivity index (χ0v) is 11.6. The van der Waals surface area contributed by atoms with Gasteiger partial charge < -0.3 is 10.4 Å². The Morgan fingerprint density at radius 3 is 2.44 bits per heavy atom. The lowest BCUT2D eigenvalue weighted by Crippen LogP contribution is -2.42. The van der Waals surface area contributed by atoms with Gasteiger partial charge in [0.2, 0.25) is 0 Å². The predicted molar refractivity (Wildman–Crippen MR) is 76.8 cm³/mol. The van der Waals surface area contributed by atoms with Crippen molar-refractivity contribution in [3.63, 3.8) is 0 Å². The molecule has 0 radical (unpaired) electrons. The molecule has 0 amide bonds. The standard InChI is InChI=1S/C15H19NOS/c1-12-8-9-14(18-12)10-16-15(2,11-17)13-6-4-3-5-7-13/h3-9,16-17H,10-11H2,1-2H3. The topological polar surface area (TPSA) is 32.3 Å². The smallest absolute Gasteiger partial charge is 0.0652 e. The number of aliphatic hydroxyl groups excluding tert-OH is 1. The normalized spacial score (nSPS) is 14.4. The van der Waals surface area contributed by atoms with Gasteiger partial charge in [-0.1, -0.05) is 30.3 Å². The fraction of sp³-hybridized carbons (Fsp3) is 0.333. The van der Waals surface area contributed by atoms with Gasteiger partial charge in [0.1, 0.15) is 0 Å². The summed E-state index contributed by atoms with van der Waals surface area (Å²) in [6.45, 7) is 5.01. The first-order valence-electron chi connectivity index (χ1n) is 6.11. The van der Waals surface area contributed by atoms with Crippen LogP contribution >= 0.6 is 11.3 Å². The first-order valence-corrected chi connectivity index (χ1v) is 6.92. The summed E-state index contributed by atoms with van der Waals surface area (Å²) >= 11 is 1.79. The van der Waals surface area contributed by atoms with Crippen LogP contribution in [-0.4, -0.2) is 11.7 Å². The molecule has 2 N–H and O–H groups in total. The summed E-state index contributed by atoms with van der Waals surface area (Å²) < 4.78 is 0. The Hall–Kier alpha value is -1.16. The van der Waals surface area contributed by atoms with E-state index in [-0.39, 0.29) is 12.1 Å². The van der Waals surface area contributed by atoms with Gasteiger partial charge in [-0.05, 0) is 31.5 Å². The van der Waals surface area contributed by atoms with Gasteiger partial charge in [0.15, 0.2) is 0 Å². The van der Waals surface area contributed by atoms with Gasteiger partial charge in [-0.2, -0.15) is 0 Å². The van der Waals surface area contributed by atoms with Crippen molar-refractivity contribution in [1.82, 2.24) is 5.32 Å². The molecular formula is C15H19NOS. The minimum atomic E-state index is -0.390. The highest BCUT2D eigenvalue weighted by Crippen LogP contribution is 2.22. The fourth-order valence-corrected chi connectivity index (χ4v) is 2.75. The predicted octanol–water partition coefficient (Wildman–Crippen LogP) is 3.05. The fourth-order valence-electron chi connectivity index (χ4n) is 1.92. The van der Waals surface area contributed by atoms with Crippen LogP contribution in [0.5, 0.6) is 0 Å². The number of hydrogen-bond acceptors (Lipinski definition) is 3. The average Bonchev–Trinajstić information content (AvgIpc) is 2.83. The van der Waals surface area contributed by atoms with Crippen LogP contribution < -0.4 is 5.32 Å². The van der Waals surface area contributed by atoms with Crippen LogP contribution in [0.1, 0.15) is 22.2 Å². The molecule has 0 fully saturated rings. The number of hydrogen-bond donors (Lipinski definition) is 2. The lowest BCUT2D eigenvalue weighted by Gasteiger charge is -2.29.